The summed E-state index contributed by atoms with van der Waals surface area (Å²) in [6, 6.07) is 17.5. The number of hydrogen-bond acceptors (Lipinski definition) is 7. The summed E-state index contributed by atoms with van der Waals surface area (Å²) in [4.78, 5) is 11.1. The van der Waals surface area contributed by atoms with Crippen LogP contribution < -0.4 is 18.9 Å². The molecule has 2 atom stereocenters. The fourth-order valence-corrected chi connectivity index (χ4v) is 5.69. The zero-order valence-corrected chi connectivity index (χ0v) is 22.8. The Balaban J connectivity index is 1.30. The lowest BCUT2D eigenvalue weighted by Crippen LogP contribution is -2.13. The summed E-state index contributed by atoms with van der Waals surface area (Å²) in [6.45, 7) is 3.08. The standard InChI is InChI=1S/C30H32O8S/c1-19-12-21-14-23(35-10-3-11-39(2,33)34)5-7-25(21)27-13-20(4-9-28(27)38-19)17-36-24-6-8-26-22(15-30(31)32)18-37-29(26)16-24/h4-9,13-14,16,19,22H,3,10-12,15,17-18H2,1-2H3,(H,31,32)/t19-,22-/m1/s1. The fraction of sp³-hybridized carbons (Fsp3) is 0.367. The predicted molar refractivity (Wildman–Crippen MR) is 147 cm³/mol. The van der Waals surface area contributed by atoms with Crippen molar-refractivity contribution in [1.29, 1.82) is 0 Å². The third kappa shape index (κ3) is 6.65. The first kappa shape index (κ1) is 26.9. The van der Waals surface area contributed by atoms with Gasteiger partial charge in [0.2, 0.25) is 0 Å². The van der Waals surface area contributed by atoms with Crippen LogP contribution in [0.4, 0.5) is 0 Å². The zero-order chi connectivity index (χ0) is 27.6. The molecule has 2 aliphatic rings. The Morgan fingerprint density at radius 1 is 1.00 bits per heavy atom. The quantitative estimate of drug-likeness (QED) is 0.349. The first-order valence-corrected chi connectivity index (χ1v) is 15.1. The second-order valence-electron chi connectivity index (χ2n) is 10.2. The van der Waals surface area contributed by atoms with E-state index in [1.54, 1.807) is 0 Å². The summed E-state index contributed by atoms with van der Waals surface area (Å²) >= 11 is 0. The van der Waals surface area contributed by atoms with E-state index >= 15 is 0 Å². The molecule has 39 heavy (non-hydrogen) atoms. The molecular formula is C30H32O8S. The van der Waals surface area contributed by atoms with Gasteiger partial charge < -0.3 is 24.1 Å². The first-order chi connectivity index (χ1) is 18.6. The van der Waals surface area contributed by atoms with Gasteiger partial charge in [0, 0.05) is 35.8 Å². The van der Waals surface area contributed by atoms with Crippen LogP contribution in [0.2, 0.25) is 0 Å². The van der Waals surface area contributed by atoms with Crippen molar-refractivity contribution >= 4 is 15.8 Å². The summed E-state index contributed by atoms with van der Waals surface area (Å²) in [6.07, 6.45) is 2.41. The SMILES string of the molecule is C[C@@H]1Cc2cc(OCCCS(C)(=O)=O)ccc2-c2cc(COc3ccc4c(c3)OC[C@H]4CC(=O)O)ccc2O1. The van der Waals surface area contributed by atoms with Crippen molar-refractivity contribution in [2.75, 3.05) is 25.2 Å². The highest BCUT2D eigenvalue weighted by Crippen LogP contribution is 2.40. The smallest absolute Gasteiger partial charge is 0.304 e. The predicted octanol–water partition coefficient (Wildman–Crippen LogP) is 5.02. The van der Waals surface area contributed by atoms with Crippen LogP contribution in [-0.4, -0.2) is 50.8 Å². The molecule has 5 rings (SSSR count). The number of sulfone groups is 1. The molecular weight excluding hydrogens is 520 g/mol. The van der Waals surface area contributed by atoms with Gasteiger partial charge in [0.25, 0.3) is 0 Å². The molecule has 0 saturated carbocycles. The van der Waals surface area contributed by atoms with Crippen molar-refractivity contribution in [2.45, 2.75) is 44.8 Å². The van der Waals surface area contributed by atoms with Gasteiger partial charge in [-0.15, -0.1) is 0 Å². The van der Waals surface area contributed by atoms with Crippen molar-refractivity contribution in [3.05, 3.63) is 71.3 Å². The molecule has 206 valence electrons. The molecule has 0 saturated heterocycles. The number of fused-ring (bicyclic) bond motifs is 4. The molecule has 1 N–H and O–H groups in total. The largest absolute Gasteiger partial charge is 0.494 e. The van der Waals surface area contributed by atoms with Crippen LogP contribution in [-0.2, 0) is 27.7 Å². The van der Waals surface area contributed by atoms with Gasteiger partial charge >= 0.3 is 5.97 Å². The minimum absolute atomic E-state index is 0.0241. The number of benzene rings is 3. The lowest BCUT2D eigenvalue weighted by molar-refractivity contribution is -0.137. The minimum atomic E-state index is -3.01. The number of rotatable bonds is 10. The average Bonchev–Trinajstić information content (AvgIpc) is 3.20. The molecule has 0 fully saturated rings. The summed E-state index contributed by atoms with van der Waals surface area (Å²) in [5.41, 5.74) is 5.02. The second kappa shape index (κ2) is 11.2. The molecule has 0 aliphatic carbocycles. The van der Waals surface area contributed by atoms with E-state index in [9.17, 15) is 13.2 Å². The highest BCUT2D eigenvalue weighted by Gasteiger charge is 2.27. The highest BCUT2D eigenvalue weighted by atomic mass is 32.2. The molecule has 2 heterocycles. The fourth-order valence-electron chi connectivity index (χ4n) is 5.04. The van der Waals surface area contributed by atoms with Crippen LogP contribution in [0.5, 0.6) is 23.0 Å². The van der Waals surface area contributed by atoms with Gasteiger partial charge in [-0.2, -0.15) is 0 Å². The lowest BCUT2D eigenvalue weighted by Gasteiger charge is -2.14. The van der Waals surface area contributed by atoms with Gasteiger partial charge in [-0.25, -0.2) is 8.42 Å². The number of carbonyl (C=O) groups is 1. The monoisotopic (exact) mass is 552 g/mol. The topological polar surface area (TPSA) is 108 Å². The highest BCUT2D eigenvalue weighted by molar-refractivity contribution is 7.90. The molecule has 9 heteroatoms. The van der Waals surface area contributed by atoms with Gasteiger partial charge in [-0.05, 0) is 60.4 Å². The number of ether oxygens (including phenoxy) is 4. The van der Waals surface area contributed by atoms with Crippen molar-refractivity contribution in [1.82, 2.24) is 0 Å². The van der Waals surface area contributed by atoms with E-state index in [1.807, 2.05) is 55.5 Å². The van der Waals surface area contributed by atoms with Crippen LogP contribution in [0.15, 0.2) is 54.6 Å². The van der Waals surface area contributed by atoms with E-state index in [-0.39, 0.29) is 24.2 Å². The van der Waals surface area contributed by atoms with Gasteiger partial charge in [0.15, 0.2) is 0 Å². The lowest BCUT2D eigenvalue weighted by atomic mass is 9.95. The molecule has 0 bridgehead atoms. The van der Waals surface area contributed by atoms with Crippen LogP contribution in [0.3, 0.4) is 0 Å². The molecule has 0 spiro atoms. The number of carboxylic acid groups (broad SMARTS) is 1. The maximum atomic E-state index is 11.4. The Hall–Kier alpha value is -3.72. The van der Waals surface area contributed by atoms with Crippen molar-refractivity contribution in [3.63, 3.8) is 0 Å². The molecule has 2 aliphatic heterocycles. The third-order valence-corrected chi connectivity index (χ3v) is 7.90. The van der Waals surface area contributed by atoms with Crippen LogP contribution in [0.1, 0.15) is 42.4 Å². The molecule has 0 amide bonds. The van der Waals surface area contributed by atoms with Crippen molar-refractivity contribution in [3.8, 4) is 34.1 Å². The molecule has 8 nitrogen and oxygen atoms in total. The Kier molecular flexibility index (Phi) is 7.70. The number of hydrogen-bond donors (Lipinski definition) is 1. The van der Waals surface area contributed by atoms with Gasteiger partial charge in [-0.3, -0.25) is 4.79 Å². The maximum absolute atomic E-state index is 11.4. The summed E-state index contributed by atoms with van der Waals surface area (Å²) in [5.74, 6) is 1.97. The van der Waals surface area contributed by atoms with Crippen molar-refractivity contribution in [2.24, 2.45) is 0 Å². The van der Waals surface area contributed by atoms with E-state index in [0.29, 0.717) is 49.9 Å². The molecule has 0 aromatic heterocycles. The van der Waals surface area contributed by atoms with Gasteiger partial charge in [0.1, 0.15) is 39.4 Å². The Bertz CT molecular complexity index is 1480. The first-order valence-electron chi connectivity index (χ1n) is 13.0. The number of aliphatic carboxylic acids is 1. The van der Waals surface area contributed by atoms with E-state index in [1.165, 1.54) is 6.26 Å². The minimum Gasteiger partial charge on any atom is -0.494 e. The third-order valence-electron chi connectivity index (χ3n) is 6.87. The Labute approximate surface area is 228 Å². The normalized spacial score (nSPS) is 17.6. The Morgan fingerprint density at radius 3 is 2.59 bits per heavy atom. The number of carboxylic acids is 1. The summed E-state index contributed by atoms with van der Waals surface area (Å²) < 4.78 is 46.5. The van der Waals surface area contributed by atoms with E-state index in [0.717, 1.165) is 33.6 Å². The van der Waals surface area contributed by atoms with Crippen LogP contribution in [0.25, 0.3) is 11.1 Å². The Morgan fingerprint density at radius 2 is 1.79 bits per heavy atom. The second-order valence-corrected chi connectivity index (χ2v) is 12.5. The van der Waals surface area contributed by atoms with Crippen LogP contribution >= 0.6 is 0 Å². The van der Waals surface area contributed by atoms with E-state index in [2.05, 4.69) is 6.07 Å². The zero-order valence-electron chi connectivity index (χ0n) is 22.0. The molecule has 0 radical (unpaired) electrons. The van der Waals surface area contributed by atoms with Gasteiger partial charge in [-0.1, -0.05) is 18.2 Å². The van der Waals surface area contributed by atoms with E-state index < -0.39 is 15.8 Å². The van der Waals surface area contributed by atoms with Gasteiger partial charge in [0.05, 0.1) is 31.5 Å². The van der Waals surface area contributed by atoms with Crippen molar-refractivity contribution < 1.29 is 37.3 Å². The summed E-state index contributed by atoms with van der Waals surface area (Å²) in [5, 5.41) is 9.11. The summed E-state index contributed by atoms with van der Waals surface area (Å²) in [7, 11) is -3.01. The maximum Gasteiger partial charge on any atom is 0.304 e. The molecule has 3 aromatic carbocycles. The average molecular weight is 553 g/mol. The molecule has 0 unspecified atom stereocenters. The van der Waals surface area contributed by atoms with E-state index in [4.69, 9.17) is 24.1 Å². The van der Waals surface area contributed by atoms with Crippen LogP contribution in [0, 0.1) is 0 Å². The molecule has 3 aromatic rings.